The van der Waals surface area contributed by atoms with Crippen molar-refractivity contribution in [1.82, 2.24) is 19.8 Å². The molecule has 0 saturated heterocycles. The molecule has 1 fully saturated rings. The molecule has 0 radical (unpaired) electrons. The number of hydrogen-bond donors (Lipinski definition) is 1. The number of nitrogens with one attached hydrogen (secondary N) is 1. The molecule has 1 aliphatic carbocycles. The minimum Gasteiger partial charge on any atom is -0.366 e. The number of anilines is 1. The van der Waals surface area contributed by atoms with Crippen molar-refractivity contribution >= 4 is 11.5 Å². The zero-order valence-electron chi connectivity index (χ0n) is 11.7. The SMILES string of the molecule is CC1CCC(Nc2ccc3nnc(C(F)(F)F)n3n2)C1C. The molecule has 1 aliphatic rings. The van der Waals surface area contributed by atoms with Crippen molar-refractivity contribution < 1.29 is 13.2 Å². The van der Waals surface area contributed by atoms with Crippen LogP contribution in [-0.4, -0.2) is 25.9 Å². The molecule has 8 heteroatoms. The van der Waals surface area contributed by atoms with Gasteiger partial charge in [-0.15, -0.1) is 15.3 Å². The van der Waals surface area contributed by atoms with Gasteiger partial charge in [0, 0.05) is 6.04 Å². The Bertz CT molecular complexity index is 651. The van der Waals surface area contributed by atoms with Gasteiger partial charge in [0.15, 0.2) is 5.65 Å². The monoisotopic (exact) mass is 299 g/mol. The third kappa shape index (κ3) is 2.54. The molecule has 3 rings (SSSR count). The van der Waals surface area contributed by atoms with E-state index < -0.39 is 12.0 Å². The molecular formula is C13H16F3N5. The van der Waals surface area contributed by atoms with Crippen molar-refractivity contribution in [3.8, 4) is 0 Å². The van der Waals surface area contributed by atoms with E-state index in [4.69, 9.17) is 0 Å². The summed E-state index contributed by atoms with van der Waals surface area (Å²) in [4.78, 5) is 0. The number of fused-ring (bicyclic) bond motifs is 1. The van der Waals surface area contributed by atoms with E-state index in [2.05, 4.69) is 34.5 Å². The molecule has 0 bridgehead atoms. The molecule has 21 heavy (non-hydrogen) atoms. The summed E-state index contributed by atoms with van der Waals surface area (Å²) in [6, 6.07) is 3.36. The highest BCUT2D eigenvalue weighted by Gasteiger charge is 2.38. The second-order valence-electron chi connectivity index (χ2n) is 5.67. The van der Waals surface area contributed by atoms with Crippen molar-refractivity contribution in [2.24, 2.45) is 11.8 Å². The van der Waals surface area contributed by atoms with Crippen molar-refractivity contribution in [3.05, 3.63) is 18.0 Å². The van der Waals surface area contributed by atoms with Crippen LogP contribution in [0.1, 0.15) is 32.5 Å². The molecule has 0 aromatic carbocycles. The second kappa shape index (κ2) is 4.85. The molecule has 5 nitrogen and oxygen atoms in total. The fourth-order valence-corrected chi connectivity index (χ4v) is 2.80. The first kappa shape index (κ1) is 14.1. The highest BCUT2D eigenvalue weighted by atomic mass is 19.4. The molecule has 0 amide bonds. The summed E-state index contributed by atoms with van der Waals surface area (Å²) in [5.74, 6) is 0.380. The Morgan fingerprint density at radius 1 is 1.19 bits per heavy atom. The van der Waals surface area contributed by atoms with Crippen LogP contribution in [0.15, 0.2) is 12.1 Å². The Morgan fingerprint density at radius 2 is 1.95 bits per heavy atom. The zero-order chi connectivity index (χ0) is 15.2. The normalized spacial score (nSPS) is 26.4. The average Bonchev–Trinajstić information content (AvgIpc) is 2.96. The first-order valence-corrected chi connectivity index (χ1v) is 6.92. The largest absolute Gasteiger partial charge is 0.453 e. The quantitative estimate of drug-likeness (QED) is 0.926. The van der Waals surface area contributed by atoms with Crippen LogP contribution in [-0.2, 0) is 6.18 Å². The minimum absolute atomic E-state index is 0.0840. The number of halogens is 3. The summed E-state index contributed by atoms with van der Waals surface area (Å²) < 4.78 is 39.2. The summed E-state index contributed by atoms with van der Waals surface area (Å²) in [6.07, 6.45) is -2.46. The summed E-state index contributed by atoms with van der Waals surface area (Å²) in [5, 5.41) is 13.9. The lowest BCUT2D eigenvalue weighted by Crippen LogP contribution is -2.25. The van der Waals surface area contributed by atoms with Gasteiger partial charge in [-0.2, -0.15) is 17.7 Å². The maximum atomic E-state index is 12.8. The van der Waals surface area contributed by atoms with Gasteiger partial charge in [0.1, 0.15) is 5.82 Å². The fourth-order valence-electron chi connectivity index (χ4n) is 2.80. The summed E-state index contributed by atoms with van der Waals surface area (Å²) >= 11 is 0. The number of nitrogens with zero attached hydrogens (tertiary/aromatic N) is 4. The van der Waals surface area contributed by atoms with E-state index in [9.17, 15) is 13.2 Å². The van der Waals surface area contributed by atoms with Crippen LogP contribution < -0.4 is 5.32 Å². The predicted octanol–water partition coefficient (Wildman–Crippen LogP) is 2.99. The van der Waals surface area contributed by atoms with Crippen LogP contribution in [0.2, 0.25) is 0 Å². The number of alkyl halides is 3. The van der Waals surface area contributed by atoms with E-state index in [-0.39, 0.29) is 11.7 Å². The summed E-state index contributed by atoms with van der Waals surface area (Å²) in [6.45, 7) is 4.33. The van der Waals surface area contributed by atoms with Crippen LogP contribution in [0, 0.1) is 11.8 Å². The fraction of sp³-hybridized carbons (Fsp3) is 0.615. The maximum Gasteiger partial charge on any atom is 0.453 e. The van der Waals surface area contributed by atoms with Gasteiger partial charge in [0.2, 0.25) is 0 Å². The number of rotatable bonds is 2. The van der Waals surface area contributed by atoms with E-state index in [0.717, 1.165) is 17.4 Å². The van der Waals surface area contributed by atoms with Crippen molar-refractivity contribution in [3.63, 3.8) is 0 Å². The molecule has 0 aliphatic heterocycles. The average molecular weight is 299 g/mol. The molecule has 1 N–H and O–H groups in total. The summed E-state index contributed by atoms with van der Waals surface area (Å²) in [5.41, 5.74) is 0.0840. The maximum absolute atomic E-state index is 12.8. The molecule has 3 atom stereocenters. The Hall–Kier alpha value is -1.86. The first-order valence-electron chi connectivity index (χ1n) is 6.92. The van der Waals surface area contributed by atoms with Crippen LogP contribution in [0.25, 0.3) is 5.65 Å². The lowest BCUT2D eigenvalue weighted by molar-refractivity contribution is -0.146. The zero-order valence-corrected chi connectivity index (χ0v) is 11.7. The van der Waals surface area contributed by atoms with Crippen molar-refractivity contribution in [2.75, 3.05) is 5.32 Å². The minimum atomic E-state index is -4.57. The third-order valence-electron chi connectivity index (χ3n) is 4.31. The van der Waals surface area contributed by atoms with Gasteiger partial charge in [-0.1, -0.05) is 13.8 Å². The second-order valence-corrected chi connectivity index (χ2v) is 5.67. The summed E-state index contributed by atoms with van der Waals surface area (Å²) in [7, 11) is 0. The predicted molar refractivity (Wildman–Crippen MR) is 70.8 cm³/mol. The molecule has 1 saturated carbocycles. The van der Waals surface area contributed by atoms with Gasteiger partial charge in [0.25, 0.3) is 5.82 Å². The van der Waals surface area contributed by atoms with Crippen LogP contribution >= 0.6 is 0 Å². The first-order chi connectivity index (χ1) is 9.86. The lowest BCUT2D eigenvalue weighted by atomic mass is 9.98. The van der Waals surface area contributed by atoms with Crippen LogP contribution in [0.3, 0.4) is 0 Å². The Morgan fingerprint density at radius 3 is 2.57 bits per heavy atom. The third-order valence-corrected chi connectivity index (χ3v) is 4.31. The lowest BCUT2D eigenvalue weighted by Gasteiger charge is -2.20. The van der Waals surface area contributed by atoms with Crippen molar-refractivity contribution in [1.29, 1.82) is 0 Å². The Kier molecular flexibility index (Phi) is 3.26. The standard InChI is InChI=1S/C13H16F3N5/c1-7-3-4-9(8(7)2)17-10-5-6-11-18-19-12(13(14,15)16)21(11)20-10/h5-9H,3-4H2,1-2H3,(H,17,20). The smallest absolute Gasteiger partial charge is 0.366 e. The van der Waals surface area contributed by atoms with E-state index >= 15 is 0 Å². The van der Waals surface area contributed by atoms with Gasteiger partial charge in [-0.3, -0.25) is 0 Å². The van der Waals surface area contributed by atoms with Gasteiger partial charge in [-0.05, 0) is 36.8 Å². The molecule has 2 aromatic heterocycles. The van der Waals surface area contributed by atoms with Crippen LogP contribution in [0.5, 0.6) is 0 Å². The van der Waals surface area contributed by atoms with Gasteiger partial charge in [-0.25, -0.2) is 0 Å². The Labute approximate surface area is 119 Å². The topological polar surface area (TPSA) is 55.1 Å². The number of hydrogen-bond acceptors (Lipinski definition) is 4. The molecule has 3 unspecified atom stereocenters. The van der Waals surface area contributed by atoms with E-state index in [1.54, 1.807) is 6.07 Å². The van der Waals surface area contributed by atoms with E-state index in [1.165, 1.54) is 6.07 Å². The highest BCUT2D eigenvalue weighted by molar-refractivity contribution is 5.44. The number of aromatic nitrogens is 4. The van der Waals surface area contributed by atoms with Crippen molar-refractivity contribution in [2.45, 2.75) is 38.9 Å². The van der Waals surface area contributed by atoms with Gasteiger partial charge < -0.3 is 5.32 Å². The molecule has 114 valence electrons. The van der Waals surface area contributed by atoms with E-state index in [0.29, 0.717) is 17.7 Å². The molecule has 0 spiro atoms. The van der Waals surface area contributed by atoms with Gasteiger partial charge in [0.05, 0.1) is 0 Å². The molecule has 2 aromatic rings. The van der Waals surface area contributed by atoms with E-state index in [1.807, 2.05) is 0 Å². The van der Waals surface area contributed by atoms with Crippen LogP contribution in [0.4, 0.5) is 19.0 Å². The van der Waals surface area contributed by atoms with Gasteiger partial charge >= 0.3 is 6.18 Å². The molecular weight excluding hydrogens is 283 g/mol. The Balaban J connectivity index is 1.90. The highest BCUT2D eigenvalue weighted by Crippen LogP contribution is 2.33. The molecule has 2 heterocycles.